The van der Waals surface area contributed by atoms with Gasteiger partial charge in [0.25, 0.3) is 0 Å². The van der Waals surface area contributed by atoms with E-state index in [1.54, 1.807) is 12.3 Å². The van der Waals surface area contributed by atoms with Crippen LogP contribution in [0.4, 0.5) is 4.39 Å². The number of hydrogen-bond acceptors (Lipinski definition) is 2. The van der Waals surface area contributed by atoms with Gasteiger partial charge in [-0.25, -0.2) is 4.39 Å². The van der Waals surface area contributed by atoms with Gasteiger partial charge in [-0.1, -0.05) is 0 Å². The Kier molecular flexibility index (Phi) is 3.09. The topological polar surface area (TPSA) is 40.7 Å². The number of pyridine rings is 1. The highest BCUT2D eigenvalue weighted by atomic mass is 19.1. The van der Waals surface area contributed by atoms with Gasteiger partial charge in [0.2, 0.25) is 0 Å². The molecule has 0 amide bonds. The van der Waals surface area contributed by atoms with Crippen LogP contribution < -0.4 is 5.32 Å². The summed E-state index contributed by atoms with van der Waals surface area (Å²) in [7, 11) is 0. The molecule has 0 radical (unpaired) electrons. The van der Waals surface area contributed by atoms with Crippen molar-refractivity contribution >= 4 is 0 Å². The molecular formula is C11H12FN3. The van der Waals surface area contributed by atoms with Crippen LogP contribution in [-0.4, -0.2) is 9.97 Å². The molecule has 0 aliphatic heterocycles. The largest absolute Gasteiger partial charge is 0.367 e. The number of hydrogen-bond donors (Lipinski definition) is 2. The van der Waals surface area contributed by atoms with Gasteiger partial charge in [0.15, 0.2) is 0 Å². The van der Waals surface area contributed by atoms with Gasteiger partial charge in [0.1, 0.15) is 5.82 Å². The first-order valence-electron chi connectivity index (χ1n) is 4.78. The number of H-pyrrole nitrogens is 1. The molecule has 0 saturated heterocycles. The molecule has 0 unspecified atom stereocenters. The van der Waals surface area contributed by atoms with Crippen molar-refractivity contribution in [2.45, 2.75) is 13.1 Å². The predicted octanol–water partition coefficient (Wildman–Crippen LogP) is 1.84. The van der Waals surface area contributed by atoms with Crippen LogP contribution in [0.1, 0.15) is 11.3 Å². The Hall–Kier alpha value is -1.68. The Morgan fingerprint density at radius 2 is 2.27 bits per heavy atom. The lowest BCUT2D eigenvalue weighted by Gasteiger charge is -2.03. The molecule has 0 aromatic carbocycles. The van der Waals surface area contributed by atoms with E-state index in [0.717, 1.165) is 5.56 Å². The van der Waals surface area contributed by atoms with Crippen molar-refractivity contribution in [1.82, 2.24) is 15.3 Å². The van der Waals surface area contributed by atoms with Crippen LogP contribution in [-0.2, 0) is 13.1 Å². The van der Waals surface area contributed by atoms with Crippen molar-refractivity contribution in [3.05, 3.63) is 53.9 Å². The quantitative estimate of drug-likeness (QED) is 0.799. The van der Waals surface area contributed by atoms with E-state index in [-0.39, 0.29) is 5.82 Å². The lowest BCUT2D eigenvalue weighted by Crippen LogP contribution is -2.14. The number of nitrogens with zero attached hydrogens (tertiary/aromatic N) is 1. The van der Waals surface area contributed by atoms with Crippen LogP contribution in [0.2, 0.25) is 0 Å². The SMILES string of the molecule is Fc1cccnc1CNCc1cc[nH]c1. The normalized spacial score (nSPS) is 10.5. The highest BCUT2D eigenvalue weighted by Crippen LogP contribution is 2.02. The number of nitrogens with one attached hydrogen (secondary N) is 2. The molecule has 0 fully saturated rings. The van der Waals surface area contributed by atoms with Crippen LogP contribution in [0, 0.1) is 5.82 Å². The summed E-state index contributed by atoms with van der Waals surface area (Å²) in [6.07, 6.45) is 5.36. The summed E-state index contributed by atoms with van der Waals surface area (Å²) >= 11 is 0. The van der Waals surface area contributed by atoms with E-state index in [4.69, 9.17) is 0 Å². The van der Waals surface area contributed by atoms with Crippen LogP contribution in [0.25, 0.3) is 0 Å². The molecule has 2 aromatic rings. The van der Waals surface area contributed by atoms with Gasteiger partial charge in [-0.2, -0.15) is 0 Å². The lowest BCUT2D eigenvalue weighted by molar-refractivity contribution is 0.574. The molecule has 2 N–H and O–H groups in total. The second-order valence-corrected chi connectivity index (χ2v) is 3.25. The summed E-state index contributed by atoms with van der Waals surface area (Å²) in [6, 6.07) is 4.98. The maximum atomic E-state index is 13.1. The van der Waals surface area contributed by atoms with Gasteiger partial charge < -0.3 is 10.3 Å². The van der Waals surface area contributed by atoms with Gasteiger partial charge in [0, 0.05) is 31.7 Å². The zero-order valence-corrected chi connectivity index (χ0v) is 8.20. The first kappa shape index (κ1) is 9.86. The summed E-state index contributed by atoms with van der Waals surface area (Å²) < 4.78 is 13.1. The van der Waals surface area contributed by atoms with Crippen molar-refractivity contribution in [2.75, 3.05) is 0 Å². The van der Waals surface area contributed by atoms with Crippen LogP contribution >= 0.6 is 0 Å². The predicted molar refractivity (Wildman–Crippen MR) is 55.5 cm³/mol. The van der Waals surface area contributed by atoms with E-state index in [0.29, 0.717) is 18.8 Å². The molecule has 15 heavy (non-hydrogen) atoms. The van der Waals surface area contributed by atoms with E-state index < -0.39 is 0 Å². The van der Waals surface area contributed by atoms with Crippen molar-refractivity contribution in [3.63, 3.8) is 0 Å². The third-order valence-electron chi connectivity index (χ3n) is 2.12. The number of halogens is 1. The maximum absolute atomic E-state index is 13.1. The summed E-state index contributed by atoms with van der Waals surface area (Å²) in [5.41, 5.74) is 1.60. The fraction of sp³-hybridized carbons (Fsp3) is 0.182. The van der Waals surface area contributed by atoms with Gasteiger partial charge in [0.05, 0.1) is 5.69 Å². The van der Waals surface area contributed by atoms with Crippen molar-refractivity contribution in [2.24, 2.45) is 0 Å². The summed E-state index contributed by atoms with van der Waals surface area (Å²) in [4.78, 5) is 6.91. The average Bonchev–Trinajstić information content (AvgIpc) is 2.74. The van der Waals surface area contributed by atoms with Crippen LogP contribution in [0.5, 0.6) is 0 Å². The molecule has 0 saturated carbocycles. The van der Waals surface area contributed by atoms with Crippen LogP contribution in [0.15, 0.2) is 36.8 Å². The summed E-state index contributed by atoms with van der Waals surface area (Å²) in [5.74, 6) is -0.265. The minimum Gasteiger partial charge on any atom is -0.367 e. The third kappa shape index (κ3) is 2.63. The van der Waals surface area contributed by atoms with Crippen molar-refractivity contribution in [1.29, 1.82) is 0 Å². The monoisotopic (exact) mass is 205 g/mol. The van der Waals surface area contributed by atoms with E-state index in [1.165, 1.54) is 6.07 Å². The number of aromatic nitrogens is 2. The van der Waals surface area contributed by atoms with Gasteiger partial charge >= 0.3 is 0 Å². The first-order valence-corrected chi connectivity index (χ1v) is 4.78. The number of aromatic amines is 1. The smallest absolute Gasteiger partial charge is 0.146 e. The molecule has 78 valence electrons. The molecule has 0 spiro atoms. The molecule has 2 aromatic heterocycles. The molecule has 2 rings (SSSR count). The zero-order chi connectivity index (χ0) is 10.5. The fourth-order valence-corrected chi connectivity index (χ4v) is 1.34. The maximum Gasteiger partial charge on any atom is 0.146 e. The minimum absolute atomic E-state index is 0.265. The Balaban J connectivity index is 1.86. The second kappa shape index (κ2) is 4.70. The van der Waals surface area contributed by atoms with Crippen molar-refractivity contribution < 1.29 is 4.39 Å². The molecule has 0 bridgehead atoms. The molecule has 3 nitrogen and oxygen atoms in total. The Bertz CT molecular complexity index is 412. The van der Waals surface area contributed by atoms with Gasteiger partial charge in [-0.15, -0.1) is 0 Å². The van der Waals surface area contributed by atoms with E-state index >= 15 is 0 Å². The average molecular weight is 205 g/mol. The Morgan fingerprint density at radius 3 is 3.00 bits per heavy atom. The fourth-order valence-electron chi connectivity index (χ4n) is 1.34. The van der Waals surface area contributed by atoms with E-state index in [9.17, 15) is 4.39 Å². The van der Waals surface area contributed by atoms with Gasteiger partial charge in [-0.3, -0.25) is 4.98 Å². The third-order valence-corrected chi connectivity index (χ3v) is 2.12. The van der Waals surface area contributed by atoms with Crippen LogP contribution in [0.3, 0.4) is 0 Å². The Morgan fingerprint density at radius 1 is 1.33 bits per heavy atom. The number of rotatable bonds is 4. The highest BCUT2D eigenvalue weighted by Gasteiger charge is 2.01. The van der Waals surface area contributed by atoms with E-state index in [1.807, 2.05) is 18.5 Å². The first-order chi connectivity index (χ1) is 7.36. The van der Waals surface area contributed by atoms with Crippen molar-refractivity contribution in [3.8, 4) is 0 Å². The summed E-state index contributed by atoms with van der Waals surface area (Å²) in [6.45, 7) is 1.15. The standard InChI is InChI=1S/C11H12FN3/c12-10-2-1-4-15-11(10)8-14-7-9-3-5-13-6-9/h1-6,13-14H,7-8H2. The van der Waals surface area contributed by atoms with Gasteiger partial charge in [-0.05, 0) is 23.8 Å². The molecule has 0 aliphatic carbocycles. The second-order valence-electron chi connectivity index (χ2n) is 3.25. The summed E-state index contributed by atoms with van der Waals surface area (Å²) in [5, 5.41) is 3.12. The molecule has 2 heterocycles. The molecule has 0 atom stereocenters. The molecule has 4 heteroatoms. The lowest BCUT2D eigenvalue weighted by atomic mass is 10.3. The van der Waals surface area contributed by atoms with E-state index in [2.05, 4.69) is 15.3 Å². The highest BCUT2D eigenvalue weighted by molar-refractivity contribution is 5.09. The molecular weight excluding hydrogens is 193 g/mol. The molecule has 0 aliphatic rings. The zero-order valence-electron chi connectivity index (χ0n) is 8.20. The Labute approximate surface area is 87.4 Å². The minimum atomic E-state index is -0.265.